The molecule has 5 heteroatoms. The zero-order valence-electron chi connectivity index (χ0n) is 7.00. The van der Waals surface area contributed by atoms with Crippen molar-refractivity contribution in [3.63, 3.8) is 0 Å². The van der Waals surface area contributed by atoms with E-state index >= 15 is 0 Å². The minimum Gasteiger partial charge on any atom is -0.390 e. The predicted octanol–water partition coefficient (Wildman–Crippen LogP) is 0.864. The molecule has 66 valence electrons. The number of hydrogen-bond acceptors (Lipinski definition) is 5. The van der Waals surface area contributed by atoms with Crippen LogP contribution in [0.2, 0.25) is 0 Å². The molecular weight excluding hydrogens is 156 g/mol. The lowest BCUT2D eigenvalue weighted by Crippen LogP contribution is -2.11. The number of nitrogens with two attached hydrogens (primary N) is 1. The second-order valence-electron chi connectivity index (χ2n) is 3.61. The SMILES string of the molecule is CC1(CNc2nnc(N)o2)CC1. The van der Waals surface area contributed by atoms with Crippen LogP contribution in [0.1, 0.15) is 19.8 Å². The fourth-order valence-electron chi connectivity index (χ4n) is 0.985. The van der Waals surface area contributed by atoms with Gasteiger partial charge < -0.3 is 15.5 Å². The van der Waals surface area contributed by atoms with E-state index in [-0.39, 0.29) is 6.01 Å². The number of aromatic nitrogens is 2. The molecule has 1 aliphatic carbocycles. The second-order valence-corrected chi connectivity index (χ2v) is 3.61. The average Bonchev–Trinajstić information content (AvgIpc) is 2.60. The van der Waals surface area contributed by atoms with Crippen LogP contribution in [0.25, 0.3) is 0 Å². The number of hydrogen-bond donors (Lipinski definition) is 2. The largest absolute Gasteiger partial charge is 0.390 e. The molecule has 1 saturated carbocycles. The van der Waals surface area contributed by atoms with E-state index in [0.29, 0.717) is 11.4 Å². The normalized spacial score (nSPS) is 19.1. The lowest BCUT2D eigenvalue weighted by Gasteiger charge is -2.06. The van der Waals surface area contributed by atoms with Crippen molar-refractivity contribution < 1.29 is 4.42 Å². The van der Waals surface area contributed by atoms with Gasteiger partial charge in [0.25, 0.3) is 0 Å². The fourth-order valence-corrected chi connectivity index (χ4v) is 0.985. The molecule has 1 fully saturated rings. The molecule has 0 aliphatic heterocycles. The first-order valence-corrected chi connectivity index (χ1v) is 4.01. The summed E-state index contributed by atoms with van der Waals surface area (Å²) in [6.07, 6.45) is 2.53. The number of nitrogens with one attached hydrogen (secondary N) is 1. The average molecular weight is 168 g/mol. The van der Waals surface area contributed by atoms with Crippen LogP contribution in [0.5, 0.6) is 0 Å². The summed E-state index contributed by atoms with van der Waals surface area (Å²) >= 11 is 0. The van der Waals surface area contributed by atoms with E-state index in [1.54, 1.807) is 0 Å². The molecule has 0 unspecified atom stereocenters. The van der Waals surface area contributed by atoms with Crippen LogP contribution in [-0.2, 0) is 0 Å². The molecule has 1 heterocycles. The lowest BCUT2D eigenvalue weighted by atomic mass is 10.1. The van der Waals surface area contributed by atoms with Gasteiger partial charge in [0, 0.05) is 6.54 Å². The minimum absolute atomic E-state index is 0.110. The zero-order valence-corrected chi connectivity index (χ0v) is 7.00. The summed E-state index contributed by atoms with van der Waals surface area (Å²) in [6.45, 7) is 3.11. The summed E-state index contributed by atoms with van der Waals surface area (Å²) in [4.78, 5) is 0. The van der Waals surface area contributed by atoms with Gasteiger partial charge in [-0.25, -0.2) is 0 Å². The van der Waals surface area contributed by atoms with Gasteiger partial charge in [0.1, 0.15) is 0 Å². The topological polar surface area (TPSA) is 77.0 Å². The number of rotatable bonds is 3. The third-order valence-electron chi connectivity index (χ3n) is 2.21. The van der Waals surface area contributed by atoms with E-state index < -0.39 is 0 Å². The van der Waals surface area contributed by atoms with Crippen LogP contribution in [0, 0.1) is 5.41 Å². The third-order valence-corrected chi connectivity index (χ3v) is 2.21. The molecular formula is C7H12N4O. The highest BCUT2D eigenvalue weighted by atomic mass is 16.4. The van der Waals surface area contributed by atoms with Gasteiger partial charge in [0.05, 0.1) is 0 Å². The van der Waals surface area contributed by atoms with Crippen LogP contribution in [0.15, 0.2) is 4.42 Å². The molecule has 0 spiro atoms. The summed E-state index contributed by atoms with van der Waals surface area (Å²) < 4.78 is 4.95. The molecule has 1 aliphatic rings. The highest BCUT2D eigenvalue weighted by Gasteiger charge is 2.37. The van der Waals surface area contributed by atoms with E-state index in [1.807, 2.05) is 0 Å². The maximum Gasteiger partial charge on any atom is 0.316 e. The second kappa shape index (κ2) is 2.36. The molecule has 2 rings (SSSR count). The molecule has 1 aromatic heterocycles. The van der Waals surface area contributed by atoms with Crippen molar-refractivity contribution >= 4 is 12.0 Å². The van der Waals surface area contributed by atoms with E-state index in [0.717, 1.165) is 6.54 Å². The quantitative estimate of drug-likeness (QED) is 0.700. The van der Waals surface area contributed by atoms with Crippen molar-refractivity contribution in [3.8, 4) is 0 Å². The van der Waals surface area contributed by atoms with Gasteiger partial charge >= 0.3 is 12.0 Å². The number of anilines is 2. The Morgan fingerprint density at radius 2 is 2.33 bits per heavy atom. The number of nitrogens with zero attached hydrogens (tertiary/aromatic N) is 2. The molecule has 0 aromatic carbocycles. The molecule has 0 bridgehead atoms. The number of nitrogen functional groups attached to an aromatic ring is 1. The van der Waals surface area contributed by atoms with Crippen molar-refractivity contribution in [1.82, 2.24) is 10.2 Å². The van der Waals surface area contributed by atoms with Crippen molar-refractivity contribution in [2.75, 3.05) is 17.6 Å². The Morgan fingerprint density at radius 3 is 2.83 bits per heavy atom. The Bertz CT molecular complexity index is 279. The summed E-state index contributed by atoms with van der Waals surface area (Å²) in [5.41, 5.74) is 5.69. The molecule has 0 saturated heterocycles. The first kappa shape index (κ1) is 7.39. The van der Waals surface area contributed by atoms with Gasteiger partial charge in [0.15, 0.2) is 0 Å². The molecule has 3 N–H and O–H groups in total. The Balaban J connectivity index is 1.87. The zero-order chi connectivity index (χ0) is 8.60. The molecule has 12 heavy (non-hydrogen) atoms. The van der Waals surface area contributed by atoms with Crippen LogP contribution < -0.4 is 11.1 Å². The highest BCUT2D eigenvalue weighted by Crippen LogP contribution is 2.44. The maximum atomic E-state index is 5.25. The Morgan fingerprint density at radius 1 is 1.58 bits per heavy atom. The maximum absolute atomic E-state index is 5.25. The van der Waals surface area contributed by atoms with Gasteiger partial charge in [-0.2, -0.15) is 0 Å². The smallest absolute Gasteiger partial charge is 0.316 e. The van der Waals surface area contributed by atoms with E-state index in [1.165, 1.54) is 12.8 Å². The van der Waals surface area contributed by atoms with Crippen LogP contribution in [0.3, 0.4) is 0 Å². The van der Waals surface area contributed by atoms with Gasteiger partial charge in [0.2, 0.25) is 0 Å². The molecule has 0 amide bonds. The minimum atomic E-state index is 0.110. The summed E-state index contributed by atoms with van der Waals surface area (Å²) in [7, 11) is 0. The first-order valence-electron chi connectivity index (χ1n) is 4.01. The van der Waals surface area contributed by atoms with E-state index in [2.05, 4.69) is 22.4 Å². The van der Waals surface area contributed by atoms with Crippen molar-refractivity contribution in [2.24, 2.45) is 5.41 Å². The fraction of sp³-hybridized carbons (Fsp3) is 0.714. The predicted molar refractivity (Wildman–Crippen MR) is 44.5 cm³/mol. The van der Waals surface area contributed by atoms with E-state index in [9.17, 15) is 0 Å². The van der Waals surface area contributed by atoms with Gasteiger partial charge in [-0.05, 0) is 18.3 Å². The summed E-state index contributed by atoms with van der Waals surface area (Å²) in [5.74, 6) is 0. The Labute approximate surface area is 70.3 Å². The standard InChI is InChI=1S/C7H12N4O/c1-7(2-3-7)4-9-6-11-10-5(8)12-6/h2-4H2,1H3,(H2,8,10)(H,9,11). The molecule has 5 nitrogen and oxygen atoms in total. The summed E-state index contributed by atoms with van der Waals surface area (Å²) in [6, 6.07) is 0.527. The molecule has 0 radical (unpaired) electrons. The van der Waals surface area contributed by atoms with Gasteiger partial charge in [-0.3, -0.25) is 0 Å². The van der Waals surface area contributed by atoms with Gasteiger partial charge in [-0.15, -0.1) is 0 Å². The Hall–Kier alpha value is -1.26. The monoisotopic (exact) mass is 168 g/mol. The van der Waals surface area contributed by atoms with Crippen LogP contribution in [-0.4, -0.2) is 16.7 Å². The molecule has 1 aromatic rings. The summed E-state index contributed by atoms with van der Waals surface area (Å²) in [5, 5.41) is 10.3. The van der Waals surface area contributed by atoms with Crippen molar-refractivity contribution in [2.45, 2.75) is 19.8 Å². The first-order chi connectivity index (χ1) is 5.68. The third kappa shape index (κ3) is 1.49. The van der Waals surface area contributed by atoms with Crippen molar-refractivity contribution in [3.05, 3.63) is 0 Å². The highest BCUT2D eigenvalue weighted by molar-refractivity contribution is 5.23. The molecule has 0 atom stereocenters. The van der Waals surface area contributed by atoms with Crippen LogP contribution in [0.4, 0.5) is 12.0 Å². The lowest BCUT2D eigenvalue weighted by molar-refractivity contribution is 0.555. The Kier molecular flexibility index (Phi) is 1.46. The van der Waals surface area contributed by atoms with Crippen LogP contribution >= 0.6 is 0 Å². The van der Waals surface area contributed by atoms with E-state index in [4.69, 9.17) is 10.2 Å². The van der Waals surface area contributed by atoms with Gasteiger partial charge in [-0.1, -0.05) is 17.1 Å². The van der Waals surface area contributed by atoms with Crippen molar-refractivity contribution in [1.29, 1.82) is 0 Å².